The number of nitrogens with zero attached hydrogens (tertiary/aromatic N) is 1. The highest BCUT2D eigenvalue weighted by molar-refractivity contribution is 14.1. The average Bonchev–Trinajstić information content (AvgIpc) is 3.09. The van der Waals surface area contributed by atoms with E-state index < -0.39 is 5.60 Å². The van der Waals surface area contributed by atoms with Gasteiger partial charge in [0.25, 0.3) is 0 Å². The van der Waals surface area contributed by atoms with Crippen molar-refractivity contribution in [1.29, 1.82) is 0 Å². The van der Waals surface area contributed by atoms with E-state index in [1.807, 2.05) is 20.8 Å². The minimum absolute atomic E-state index is 0.00342. The van der Waals surface area contributed by atoms with E-state index in [4.69, 9.17) is 14.0 Å². The molecule has 1 aliphatic rings. The molecule has 5 nitrogen and oxygen atoms in total. The number of halogens is 1. The molecule has 6 heteroatoms. The molecule has 1 unspecified atom stereocenters. The Morgan fingerprint density at radius 2 is 1.82 bits per heavy atom. The molecule has 1 aromatic heterocycles. The Kier molecular flexibility index (Phi) is 12.2. The first-order chi connectivity index (χ1) is 15.6. The van der Waals surface area contributed by atoms with Crippen LogP contribution in [0.25, 0.3) is 0 Å². The molecule has 1 saturated carbocycles. The normalized spacial score (nSPS) is 20.2. The molecule has 0 saturated heterocycles. The van der Waals surface area contributed by atoms with E-state index >= 15 is 0 Å². The summed E-state index contributed by atoms with van der Waals surface area (Å²) in [5, 5.41) is 4.51. The van der Waals surface area contributed by atoms with Gasteiger partial charge in [-0.15, -0.1) is 0 Å². The first-order valence-electron chi connectivity index (χ1n) is 13.0. The Balaban J connectivity index is 2.04. The molecule has 1 aromatic rings. The lowest BCUT2D eigenvalue weighted by Gasteiger charge is -2.28. The van der Waals surface area contributed by atoms with Gasteiger partial charge in [-0.2, -0.15) is 0 Å². The van der Waals surface area contributed by atoms with Gasteiger partial charge in [0.1, 0.15) is 11.3 Å². The highest BCUT2D eigenvalue weighted by Crippen LogP contribution is 2.42. The quantitative estimate of drug-likeness (QED) is 0.135. The Morgan fingerprint density at radius 1 is 1.15 bits per heavy atom. The van der Waals surface area contributed by atoms with Crippen molar-refractivity contribution in [3.63, 3.8) is 0 Å². The van der Waals surface area contributed by atoms with Crippen LogP contribution in [0.2, 0.25) is 0 Å². The summed E-state index contributed by atoms with van der Waals surface area (Å²) < 4.78 is 18.4. The van der Waals surface area contributed by atoms with Crippen molar-refractivity contribution in [3.8, 4) is 0 Å². The lowest BCUT2D eigenvalue weighted by atomic mass is 9.77. The van der Waals surface area contributed by atoms with Gasteiger partial charge < -0.3 is 14.0 Å². The van der Waals surface area contributed by atoms with Gasteiger partial charge in [0.05, 0.1) is 9.99 Å². The standard InChI is InChI=1S/C27H46INO4/c1-7-8-15-31-16-9-10-22(18-23(30)32-27(4,5)6)25-24(28)26(33-29-25)21-13-11-20(12-14-21)17-19(2)3/h19-22H,7-18H2,1-6H3/t20-,21+,22?. The molecule has 0 amide bonds. The van der Waals surface area contributed by atoms with Crippen molar-refractivity contribution < 1.29 is 18.8 Å². The number of aromatic nitrogens is 1. The van der Waals surface area contributed by atoms with Crippen molar-refractivity contribution in [3.05, 3.63) is 15.0 Å². The molecule has 33 heavy (non-hydrogen) atoms. The molecule has 1 aliphatic carbocycles. The third-order valence-electron chi connectivity index (χ3n) is 6.41. The largest absolute Gasteiger partial charge is 0.460 e. The summed E-state index contributed by atoms with van der Waals surface area (Å²) in [6.45, 7) is 14.1. The molecule has 0 spiro atoms. The van der Waals surface area contributed by atoms with Gasteiger partial charge in [-0.1, -0.05) is 32.3 Å². The van der Waals surface area contributed by atoms with E-state index in [1.54, 1.807) is 0 Å². The van der Waals surface area contributed by atoms with Crippen molar-refractivity contribution >= 4 is 28.6 Å². The predicted octanol–water partition coefficient (Wildman–Crippen LogP) is 8.01. The summed E-state index contributed by atoms with van der Waals surface area (Å²) in [5.74, 6) is 2.91. The lowest BCUT2D eigenvalue weighted by Crippen LogP contribution is -2.25. The van der Waals surface area contributed by atoms with Crippen LogP contribution < -0.4 is 0 Å². The van der Waals surface area contributed by atoms with Crippen LogP contribution in [0.5, 0.6) is 0 Å². The second kappa shape index (κ2) is 14.1. The van der Waals surface area contributed by atoms with Crippen molar-refractivity contribution in [2.75, 3.05) is 13.2 Å². The summed E-state index contributed by atoms with van der Waals surface area (Å²) in [6.07, 6.45) is 10.5. The molecule has 190 valence electrons. The summed E-state index contributed by atoms with van der Waals surface area (Å²) >= 11 is 2.39. The summed E-state index contributed by atoms with van der Waals surface area (Å²) in [5.41, 5.74) is 0.441. The van der Waals surface area contributed by atoms with E-state index in [9.17, 15) is 4.79 Å². The zero-order valence-corrected chi connectivity index (χ0v) is 23.9. The second-order valence-electron chi connectivity index (χ2n) is 11.2. The van der Waals surface area contributed by atoms with Crippen molar-refractivity contribution in [2.24, 2.45) is 11.8 Å². The zero-order chi connectivity index (χ0) is 24.4. The van der Waals surface area contributed by atoms with Crippen molar-refractivity contribution in [1.82, 2.24) is 5.16 Å². The summed E-state index contributed by atoms with van der Waals surface area (Å²) in [7, 11) is 0. The van der Waals surface area contributed by atoms with Crippen LogP contribution >= 0.6 is 22.6 Å². The Labute approximate surface area is 215 Å². The third kappa shape index (κ3) is 10.3. The van der Waals surface area contributed by atoms with E-state index in [-0.39, 0.29) is 11.9 Å². The highest BCUT2D eigenvalue weighted by atomic mass is 127. The number of carbonyl (C=O) groups excluding carboxylic acids is 1. The van der Waals surface area contributed by atoms with Crippen LogP contribution in [-0.2, 0) is 14.3 Å². The van der Waals surface area contributed by atoms with Crippen molar-refractivity contribution in [2.45, 2.75) is 123 Å². The van der Waals surface area contributed by atoms with Crippen LogP contribution in [0.3, 0.4) is 0 Å². The molecule has 0 aliphatic heterocycles. The lowest BCUT2D eigenvalue weighted by molar-refractivity contribution is -0.155. The number of esters is 1. The number of hydrogen-bond acceptors (Lipinski definition) is 5. The summed E-state index contributed by atoms with van der Waals surface area (Å²) in [4.78, 5) is 12.6. The molecule has 2 rings (SSSR count). The Morgan fingerprint density at radius 3 is 2.42 bits per heavy atom. The van der Waals surface area contributed by atoms with E-state index in [2.05, 4.69) is 48.5 Å². The molecule has 1 atom stereocenters. The first-order valence-corrected chi connectivity index (χ1v) is 14.1. The molecule has 0 radical (unpaired) electrons. The molecule has 0 N–H and O–H groups in total. The van der Waals surface area contributed by atoms with E-state index in [0.29, 0.717) is 18.9 Å². The van der Waals surface area contributed by atoms with E-state index in [1.165, 1.54) is 32.1 Å². The monoisotopic (exact) mass is 575 g/mol. The van der Waals surface area contributed by atoms with Crippen LogP contribution in [0, 0.1) is 15.4 Å². The Bertz CT molecular complexity index is 701. The summed E-state index contributed by atoms with van der Waals surface area (Å²) in [6, 6.07) is 0. The van der Waals surface area contributed by atoms with Gasteiger partial charge in [0.2, 0.25) is 0 Å². The number of hydrogen-bond donors (Lipinski definition) is 0. The number of carbonyl (C=O) groups is 1. The van der Waals surface area contributed by atoms with Gasteiger partial charge in [-0.25, -0.2) is 0 Å². The fourth-order valence-corrected chi connectivity index (χ4v) is 5.92. The van der Waals surface area contributed by atoms with Crippen LogP contribution in [0.1, 0.15) is 129 Å². The van der Waals surface area contributed by atoms with Gasteiger partial charge in [0.15, 0.2) is 5.76 Å². The van der Waals surface area contributed by atoms with Gasteiger partial charge >= 0.3 is 5.97 Å². The van der Waals surface area contributed by atoms with E-state index in [0.717, 1.165) is 59.2 Å². The maximum Gasteiger partial charge on any atom is 0.306 e. The maximum atomic E-state index is 12.6. The third-order valence-corrected chi connectivity index (χ3v) is 7.49. The van der Waals surface area contributed by atoms with Gasteiger partial charge in [0, 0.05) is 25.0 Å². The Hall–Kier alpha value is -0.630. The minimum Gasteiger partial charge on any atom is -0.460 e. The molecule has 1 fully saturated rings. The van der Waals surface area contributed by atoms with Crippen LogP contribution in [0.4, 0.5) is 0 Å². The molecular weight excluding hydrogens is 529 g/mol. The maximum absolute atomic E-state index is 12.6. The fourth-order valence-electron chi connectivity index (χ4n) is 4.84. The smallest absolute Gasteiger partial charge is 0.306 e. The van der Waals surface area contributed by atoms with Gasteiger partial charge in [-0.05, 0) is 107 Å². The highest BCUT2D eigenvalue weighted by Gasteiger charge is 2.31. The SMILES string of the molecule is CCCCOCCCC(CC(=O)OC(C)(C)C)c1noc([C@H]2CC[C@@H](CC(C)C)CC2)c1I. The molecular formula is C27H46INO4. The minimum atomic E-state index is -0.484. The topological polar surface area (TPSA) is 61.6 Å². The average molecular weight is 576 g/mol. The van der Waals surface area contributed by atoms with Crippen LogP contribution in [-0.4, -0.2) is 29.9 Å². The number of ether oxygens (including phenoxy) is 2. The molecule has 0 bridgehead atoms. The predicted molar refractivity (Wildman–Crippen MR) is 142 cm³/mol. The zero-order valence-electron chi connectivity index (χ0n) is 21.8. The first kappa shape index (κ1) is 28.6. The molecule has 1 heterocycles. The van der Waals surface area contributed by atoms with Crippen LogP contribution in [0.15, 0.2) is 4.52 Å². The molecule has 0 aromatic carbocycles. The number of unbranched alkanes of at least 4 members (excludes halogenated alkanes) is 1. The fraction of sp³-hybridized carbons (Fsp3) is 0.852. The number of rotatable bonds is 13. The second-order valence-corrected chi connectivity index (χ2v) is 12.3. The van der Waals surface area contributed by atoms with Gasteiger partial charge in [-0.3, -0.25) is 4.79 Å².